The zero-order chi connectivity index (χ0) is 23.6. The highest BCUT2D eigenvalue weighted by Gasteiger charge is 2.61. The largest absolute Gasteiger partial charge is 0.465 e. The molecular formula is C23H22F2O7S. The van der Waals surface area contributed by atoms with Crippen LogP contribution in [-0.4, -0.2) is 41.9 Å². The number of benzene rings is 2. The maximum Gasteiger partial charge on any atom is 0.465 e. The molecule has 0 radical (unpaired) electrons. The SMILES string of the molecule is O=C(OC12CC3CC(C1)C(OC(=O)C(F)(F)S(=O)(=O)O)C(C3)C2)c1cccc2ccccc12. The van der Waals surface area contributed by atoms with Crippen LogP contribution in [0.3, 0.4) is 0 Å². The summed E-state index contributed by atoms with van der Waals surface area (Å²) in [5.74, 6) is -3.21. The fourth-order valence-corrected chi connectivity index (χ4v) is 6.43. The zero-order valence-corrected chi connectivity index (χ0v) is 18.3. The number of esters is 2. The van der Waals surface area contributed by atoms with E-state index in [0.29, 0.717) is 37.7 Å². The number of fused-ring (bicyclic) bond motifs is 1. The summed E-state index contributed by atoms with van der Waals surface area (Å²) in [7, 11) is -5.93. The van der Waals surface area contributed by atoms with E-state index in [9.17, 15) is 26.8 Å². The van der Waals surface area contributed by atoms with Crippen molar-refractivity contribution in [3.63, 3.8) is 0 Å². The Hall–Kier alpha value is -2.59. The Kier molecular flexibility index (Phi) is 5.02. The molecule has 33 heavy (non-hydrogen) atoms. The zero-order valence-electron chi connectivity index (χ0n) is 17.4. The topological polar surface area (TPSA) is 107 Å². The minimum absolute atomic E-state index is 0.194. The first-order valence-corrected chi connectivity index (χ1v) is 12.2. The fraction of sp³-hybridized carbons (Fsp3) is 0.478. The molecule has 0 spiro atoms. The summed E-state index contributed by atoms with van der Waals surface area (Å²) in [6.45, 7) is 0. The molecule has 2 aromatic carbocycles. The van der Waals surface area contributed by atoms with Gasteiger partial charge >= 0.3 is 27.3 Å². The molecule has 6 rings (SSSR count). The lowest BCUT2D eigenvalue weighted by atomic mass is 9.53. The van der Waals surface area contributed by atoms with Crippen molar-refractivity contribution in [2.24, 2.45) is 17.8 Å². The van der Waals surface area contributed by atoms with Gasteiger partial charge in [0, 0.05) is 11.8 Å². The van der Waals surface area contributed by atoms with Crippen LogP contribution in [0.25, 0.3) is 10.8 Å². The number of ether oxygens (including phenoxy) is 2. The van der Waals surface area contributed by atoms with Crippen LogP contribution in [0, 0.1) is 17.8 Å². The molecule has 4 saturated carbocycles. The molecule has 7 nitrogen and oxygen atoms in total. The number of carbonyl (C=O) groups is 2. The molecule has 10 heteroatoms. The van der Waals surface area contributed by atoms with E-state index in [-0.39, 0.29) is 17.8 Å². The van der Waals surface area contributed by atoms with Crippen LogP contribution in [-0.2, 0) is 24.4 Å². The molecule has 4 aliphatic carbocycles. The summed E-state index contributed by atoms with van der Waals surface area (Å²) in [6.07, 6.45) is 1.64. The third-order valence-corrected chi connectivity index (χ3v) is 8.07. The summed E-state index contributed by atoms with van der Waals surface area (Å²) >= 11 is 0. The van der Waals surface area contributed by atoms with Crippen LogP contribution in [0.1, 0.15) is 42.5 Å². The third-order valence-electron chi connectivity index (χ3n) is 7.25. The van der Waals surface area contributed by atoms with Gasteiger partial charge in [0.05, 0.1) is 5.56 Å². The Balaban J connectivity index is 1.35. The fourth-order valence-electron chi connectivity index (χ4n) is 6.17. The van der Waals surface area contributed by atoms with E-state index in [1.54, 1.807) is 12.1 Å². The van der Waals surface area contributed by atoms with Gasteiger partial charge in [0.1, 0.15) is 11.7 Å². The van der Waals surface area contributed by atoms with Crippen LogP contribution >= 0.6 is 0 Å². The Bertz CT molecular complexity index is 1220. The molecule has 2 atom stereocenters. The molecule has 0 saturated heterocycles. The van der Waals surface area contributed by atoms with E-state index in [1.165, 1.54) is 0 Å². The van der Waals surface area contributed by atoms with Crippen molar-refractivity contribution in [3.05, 3.63) is 48.0 Å². The molecule has 176 valence electrons. The summed E-state index contributed by atoms with van der Waals surface area (Å²) in [4.78, 5) is 25.0. The molecule has 0 aliphatic heterocycles. The predicted octanol–water partition coefficient (Wildman–Crippen LogP) is 3.97. The second-order valence-electron chi connectivity index (χ2n) is 9.43. The maximum absolute atomic E-state index is 13.7. The number of halogens is 2. The molecular weight excluding hydrogens is 458 g/mol. The quantitative estimate of drug-likeness (QED) is 0.510. The maximum atomic E-state index is 13.7. The van der Waals surface area contributed by atoms with E-state index in [2.05, 4.69) is 0 Å². The smallest absolute Gasteiger partial charge is 0.456 e. The van der Waals surface area contributed by atoms with Crippen molar-refractivity contribution < 1.29 is 40.8 Å². The van der Waals surface area contributed by atoms with Gasteiger partial charge in [-0.05, 0) is 54.9 Å². The van der Waals surface area contributed by atoms with E-state index >= 15 is 0 Å². The van der Waals surface area contributed by atoms with Gasteiger partial charge in [0.15, 0.2) is 0 Å². The van der Waals surface area contributed by atoms with Gasteiger partial charge in [-0.1, -0.05) is 36.4 Å². The van der Waals surface area contributed by atoms with Crippen molar-refractivity contribution >= 4 is 32.8 Å². The highest BCUT2D eigenvalue weighted by Crippen LogP contribution is 2.58. The van der Waals surface area contributed by atoms with E-state index < -0.39 is 39.0 Å². The number of rotatable bonds is 5. The lowest BCUT2D eigenvalue weighted by Gasteiger charge is -2.58. The van der Waals surface area contributed by atoms with Gasteiger partial charge in [0.2, 0.25) is 0 Å². The molecule has 0 amide bonds. The van der Waals surface area contributed by atoms with Gasteiger partial charge in [-0.2, -0.15) is 17.2 Å². The first kappa shape index (κ1) is 22.2. The first-order chi connectivity index (χ1) is 15.5. The standard InChI is InChI=1S/C23H22F2O7S/c24-23(25,33(28,29)30)21(27)31-19-15-8-13-9-16(19)12-22(10-13,11-15)32-20(26)18-7-3-5-14-4-1-2-6-17(14)18/h1-7,13,15-16,19H,8-12H2,(H,28,29,30). The number of carbonyl (C=O) groups excluding carboxylic acids is 2. The van der Waals surface area contributed by atoms with E-state index in [0.717, 1.165) is 10.8 Å². The lowest BCUT2D eigenvalue weighted by molar-refractivity contribution is -0.208. The minimum Gasteiger partial charge on any atom is -0.456 e. The first-order valence-electron chi connectivity index (χ1n) is 10.8. The van der Waals surface area contributed by atoms with Crippen molar-refractivity contribution in [1.29, 1.82) is 0 Å². The van der Waals surface area contributed by atoms with Crippen molar-refractivity contribution in [2.45, 2.75) is 49.1 Å². The monoisotopic (exact) mass is 480 g/mol. The molecule has 4 aliphatic rings. The second-order valence-corrected chi connectivity index (χ2v) is 10.9. The van der Waals surface area contributed by atoms with Crippen LogP contribution < -0.4 is 0 Å². The lowest BCUT2D eigenvalue weighted by Crippen LogP contribution is -2.60. The van der Waals surface area contributed by atoms with Crippen molar-refractivity contribution in [1.82, 2.24) is 0 Å². The van der Waals surface area contributed by atoms with Crippen molar-refractivity contribution in [2.75, 3.05) is 0 Å². The van der Waals surface area contributed by atoms with Gasteiger partial charge in [0.25, 0.3) is 0 Å². The molecule has 4 bridgehead atoms. The Morgan fingerprint density at radius 1 is 1.00 bits per heavy atom. The summed E-state index contributed by atoms with van der Waals surface area (Å²) in [5, 5.41) is -3.35. The third kappa shape index (κ3) is 3.69. The number of hydrogen-bond acceptors (Lipinski definition) is 6. The van der Waals surface area contributed by atoms with Crippen LogP contribution in [0.2, 0.25) is 0 Å². The Morgan fingerprint density at radius 3 is 2.30 bits per heavy atom. The van der Waals surface area contributed by atoms with Crippen LogP contribution in [0.4, 0.5) is 8.78 Å². The summed E-state index contributed by atoms with van der Waals surface area (Å²) in [6, 6.07) is 12.8. The normalized spacial score (nSPS) is 30.9. The molecule has 0 aromatic heterocycles. The second kappa shape index (κ2) is 7.46. The molecule has 1 N–H and O–H groups in total. The van der Waals surface area contributed by atoms with Crippen molar-refractivity contribution in [3.8, 4) is 0 Å². The summed E-state index contributed by atoms with van der Waals surface area (Å²) < 4.78 is 68.9. The Morgan fingerprint density at radius 2 is 1.64 bits per heavy atom. The molecule has 4 fully saturated rings. The molecule has 2 aromatic rings. The van der Waals surface area contributed by atoms with Gasteiger partial charge < -0.3 is 9.47 Å². The number of hydrogen-bond donors (Lipinski definition) is 1. The van der Waals surface area contributed by atoms with Crippen LogP contribution in [0.15, 0.2) is 42.5 Å². The predicted molar refractivity (Wildman–Crippen MR) is 112 cm³/mol. The molecule has 0 heterocycles. The average Bonchev–Trinajstić information content (AvgIpc) is 2.74. The van der Waals surface area contributed by atoms with E-state index in [1.807, 2.05) is 30.3 Å². The Labute approximate surface area is 188 Å². The van der Waals surface area contributed by atoms with Gasteiger partial charge in [-0.15, -0.1) is 0 Å². The van der Waals surface area contributed by atoms with Gasteiger partial charge in [-0.3, -0.25) is 4.55 Å². The summed E-state index contributed by atoms with van der Waals surface area (Å²) in [5.41, 5.74) is -0.335. The highest BCUT2D eigenvalue weighted by molar-refractivity contribution is 7.87. The van der Waals surface area contributed by atoms with Gasteiger partial charge in [-0.25, -0.2) is 9.59 Å². The van der Waals surface area contributed by atoms with Crippen LogP contribution in [0.5, 0.6) is 0 Å². The minimum atomic E-state index is -5.93. The average molecular weight is 480 g/mol. The highest BCUT2D eigenvalue weighted by atomic mass is 32.2. The molecule has 2 unspecified atom stereocenters. The number of alkyl halides is 2. The van der Waals surface area contributed by atoms with E-state index in [4.69, 9.17) is 14.0 Å².